The fourth-order valence-electron chi connectivity index (χ4n) is 2.57. The molecule has 1 aliphatic heterocycles. The van der Waals surface area contributed by atoms with Gasteiger partial charge in [0.25, 0.3) is 0 Å². The maximum Gasteiger partial charge on any atom is 0.123 e. The lowest BCUT2D eigenvalue weighted by Gasteiger charge is -2.12. The second-order valence-electron chi connectivity index (χ2n) is 5.37. The van der Waals surface area contributed by atoms with Gasteiger partial charge in [-0.25, -0.2) is 0 Å². The monoisotopic (exact) mass is 316 g/mol. The molecular formula is C17H17BrO. The highest BCUT2D eigenvalue weighted by molar-refractivity contribution is 9.10. The Kier molecular flexibility index (Phi) is 3.36. The number of rotatable bonds is 2. The molecule has 1 nitrogen and oxygen atoms in total. The molecule has 2 heteroatoms. The molecule has 1 atom stereocenters. The molecule has 0 fully saturated rings. The van der Waals surface area contributed by atoms with Gasteiger partial charge in [0.15, 0.2) is 0 Å². The molecule has 0 bridgehead atoms. The van der Waals surface area contributed by atoms with Crippen LogP contribution in [0.5, 0.6) is 5.75 Å². The van der Waals surface area contributed by atoms with Crippen molar-refractivity contribution in [3.63, 3.8) is 0 Å². The number of hydrogen-bond donors (Lipinski definition) is 0. The first-order chi connectivity index (χ1) is 9.15. The zero-order valence-corrected chi connectivity index (χ0v) is 12.8. The molecule has 1 unspecified atom stereocenters. The van der Waals surface area contributed by atoms with E-state index in [2.05, 4.69) is 60.1 Å². The fraction of sp³-hybridized carbons (Fsp3) is 0.294. The predicted octanol–water partition coefficient (Wildman–Crippen LogP) is 5.10. The van der Waals surface area contributed by atoms with Gasteiger partial charge >= 0.3 is 0 Å². The summed E-state index contributed by atoms with van der Waals surface area (Å²) in [6.07, 6.45) is 0. The van der Waals surface area contributed by atoms with Crippen molar-refractivity contribution in [1.82, 2.24) is 0 Å². The van der Waals surface area contributed by atoms with Crippen molar-refractivity contribution in [2.24, 2.45) is 0 Å². The Labute approximate surface area is 122 Å². The molecule has 0 N–H and O–H groups in total. The molecule has 2 aromatic rings. The molecule has 0 spiro atoms. The number of benzene rings is 2. The van der Waals surface area contributed by atoms with Crippen LogP contribution in [0.3, 0.4) is 0 Å². The summed E-state index contributed by atoms with van der Waals surface area (Å²) in [6, 6.07) is 15.2. The van der Waals surface area contributed by atoms with Crippen LogP contribution in [0.1, 0.15) is 42.4 Å². The second kappa shape index (κ2) is 5.01. The van der Waals surface area contributed by atoms with E-state index in [0.29, 0.717) is 11.8 Å². The topological polar surface area (TPSA) is 9.23 Å². The SMILES string of the molecule is CC(C)c1ccc(C2COc3ccc(Br)cc32)cc1. The van der Waals surface area contributed by atoms with E-state index in [1.54, 1.807) is 0 Å². The third-order valence-corrected chi connectivity index (χ3v) is 4.25. The number of ether oxygens (including phenoxy) is 1. The van der Waals surface area contributed by atoms with Gasteiger partial charge in [-0.1, -0.05) is 54.0 Å². The highest BCUT2D eigenvalue weighted by Crippen LogP contribution is 2.39. The standard InChI is InChI=1S/C17H17BrO/c1-11(2)12-3-5-13(6-4-12)16-10-19-17-8-7-14(18)9-15(16)17/h3-9,11,16H,10H2,1-2H3. The maximum atomic E-state index is 5.78. The quantitative estimate of drug-likeness (QED) is 0.749. The second-order valence-corrected chi connectivity index (χ2v) is 6.28. The van der Waals surface area contributed by atoms with E-state index in [1.807, 2.05) is 12.1 Å². The zero-order valence-electron chi connectivity index (χ0n) is 11.2. The fourth-order valence-corrected chi connectivity index (χ4v) is 2.95. The van der Waals surface area contributed by atoms with E-state index in [1.165, 1.54) is 16.7 Å². The number of hydrogen-bond acceptors (Lipinski definition) is 1. The molecule has 0 saturated carbocycles. The summed E-state index contributed by atoms with van der Waals surface area (Å²) >= 11 is 3.54. The van der Waals surface area contributed by atoms with Gasteiger partial charge in [0.05, 0.1) is 6.61 Å². The Bertz CT molecular complexity index is 587. The van der Waals surface area contributed by atoms with Gasteiger partial charge in [0.1, 0.15) is 5.75 Å². The number of halogens is 1. The van der Waals surface area contributed by atoms with E-state index >= 15 is 0 Å². The van der Waals surface area contributed by atoms with Crippen molar-refractivity contribution < 1.29 is 4.74 Å². The Morgan fingerprint density at radius 1 is 1.11 bits per heavy atom. The van der Waals surface area contributed by atoms with Crippen molar-refractivity contribution >= 4 is 15.9 Å². The Balaban J connectivity index is 1.95. The van der Waals surface area contributed by atoms with Crippen LogP contribution in [-0.2, 0) is 0 Å². The van der Waals surface area contributed by atoms with E-state index in [4.69, 9.17) is 4.74 Å². The summed E-state index contributed by atoms with van der Waals surface area (Å²) in [5, 5.41) is 0. The lowest BCUT2D eigenvalue weighted by molar-refractivity contribution is 0.343. The summed E-state index contributed by atoms with van der Waals surface area (Å²) in [7, 11) is 0. The molecule has 0 aliphatic carbocycles. The third-order valence-electron chi connectivity index (χ3n) is 3.76. The predicted molar refractivity (Wildman–Crippen MR) is 82.0 cm³/mol. The first-order valence-electron chi connectivity index (χ1n) is 6.67. The van der Waals surface area contributed by atoms with Crippen molar-refractivity contribution in [3.8, 4) is 5.75 Å². The largest absolute Gasteiger partial charge is 0.492 e. The van der Waals surface area contributed by atoms with Gasteiger partial charge in [0.2, 0.25) is 0 Å². The van der Waals surface area contributed by atoms with Gasteiger partial charge < -0.3 is 4.74 Å². The summed E-state index contributed by atoms with van der Waals surface area (Å²) in [4.78, 5) is 0. The lowest BCUT2D eigenvalue weighted by atomic mass is 9.91. The van der Waals surface area contributed by atoms with Crippen LogP contribution in [0.25, 0.3) is 0 Å². The van der Waals surface area contributed by atoms with Crippen LogP contribution in [0.2, 0.25) is 0 Å². The Morgan fingerprint density at radius 3 is 2.53 bits per heavy atom. The summed E-state index contributed by atoms with van der Waals surface area (Å²) in [5.41, 5.74) is 4.00. The molecule has 3 rings (SSSR count). The summed E-state index contributed by atoms with van der Waals surface area (Å²) in [5.74, 6) is 1.95. The van der Waals surface area contributed by atoms with Crippen LogP contribution in [-0.4, -0.2) is 6.61 Å². The van der Waals surface area contributed by atoms with E-state index in [9.17, 15) is 0 Å². The maximum absolute atomic E-state index is 5.78. The van der Waals surface area contributed by atoms with Crippen molar-refractivity contribution in [1.29, 1.82) is 0 Å². The molecule has 0 aromatic heterocycles. The molecule has 0 amide bonds. The normalized spacial score (nSPS) is 17.4. The highest BCUT2D eigenvalue weighted by atomic mass is 79.9. The average Bonchev–Trinajstić information content (AvgIpc) is 2.81. The van der Waals surface area contributed by atoms with Crippen molar-refractivity contribution in [2.45, 2.75) is 25.7 Å². The molecule has 0 saturated heterocycles. The Morgan fingerprint density at radius 2 is 1.84 bits per heavy atom. The molecule has 1 heterocycles. The smallest absolute Gasteiger partial charge is 0.123 e. The molecule has 0 radical (unpaired) electrons. The van der Waals surface area contributed by atoms with Gasteiger partial charge in [-0.15, -0.1) is 0 Å². The molecular weight excluding hydrogens is 300 g/mol. The van der Waals surface area contributed by atoms with Gasteiger partial charge in [-0.2, -0.15) is 0 Å². The molecule has 1 aliphatic rings. The number of fused-ring (bicyclic) bond motifs is 1. The average molecular weight is 317 g/mol. The first kappa shape index (κ1) is 12.7. The zero-order chi connectivity index (χ0) is 13.4. The summed E-state index contributed by atoms with van der Waals surface area (Å²) in [6.45, 7) is 5.19. The van der Waals surface area contributed by atoms with Crippen LogP contribution in [0, 0.1) is 0 Å². The minimum Gasteiger partial charge on any atom is -0.492 e. The van der Waals surface area contributed by atoms with Gasteiger partial charge in [-0.3, -0.25) is 0 Å². The van der Waals surface area contributed by atoms with E-state index in [0.717, 1.165) is 16.8 Å². The van der Waals surface area contributed by atoms with Gasteiger partial charge in [-0.05, 0) is 35.2 Å². The third kappa shape index (κ3) is 2.42. The van der Waals surface area contributed by atoms with Crippen LogP contribution >= 0.6 is 15.9 Å². The van der Waals surface area contributed by atoms with Crippen LogP contribution in [0.4, 0.5) is 0 Å². The lowest BCUT2D eigenvalue weighted by Crippen LogP contribution is -2.02. The summed E-state index contributed by atoms with van der Waals surface area (Å²) < 4.78 is 6.89. The molecule has 19 heavy (non-hydrogen) atoms. The Hall–Kier alpha value is -1.28. The van der Waals surface area contributed by atoms with Gasteiger partial charge in [0, 0.05) is 16.0 Å². The van der Waals surface area contributed by atoms with Crippen LogP contribution in [0.15, 0.2) is 46.9 Å². The van der Waals surface area contributed by atoms with Crippen molar-refractivity contribution in [2.75, 3.05) is 6.61 Å². The van der Waals surface area contributed by atoms with E-state index in [-0.39, 0.29) is 0 Å². The molecule has 98 valence electrons. The minimum absolute atomic E-state index is 0.355. The minimum atomic E-state index is 0.355. The first-order valence-corrected chi connectivity index (χ1v) is 7.46. The van der Waals surface area contributed by atoms with Crippen molar-refractivity contribution in [3.05, 3.63) is 63.6 Å². The highest BCUT2D eigenvalue weighted by Gasteiger charge is 2.25. The molecule has 2 aromatic carbocycles. The van der Waals surface area contributed by atoms with E-state index < -0.39 is 0 Å². The van der Waals surface area contributed by atoms with Crippen LogP contribution < -0.4 is 4.74 Å².